The van der Waals surface area contributed by atoms with Gasteiger partial charge in [0.25, 0.3) is 0 Å². The summed E-state index contributed by atoms with van der Waals surface area (Å²) in [5, 5.41) is 5.61. The largest absolute Gasteiger partial charge is 0.611 e. The topological polar surface area (TPSA) is 99.7 Å². The summed E-state index contributed by atoms with van der Waals surface area (Å²) in [4.78, 5) is 24.5. The zero-order valence-corrected chi connectivity index (χ0v) is 25.2. The quantitative estimate of drug-likeness (QED) is 0.139. The number of unbranched alkanes of at least 4 members (excludes halogenated alkanes) is 7. The van der Waals surface area contributed by atoms with Crippen LogP contribution in [0, 0.1) is 0 Å². The number of rotatable bonds is 18. The van der Waals surface area contributed by atoms with Crippen LogP contribution in [0.2, 0.25) is 0 Å². The van der Waals surface area contributed by atoms with Gasteiger partial charge in [0.05, 0.1) is 12.3 Å². The fourth-order valence-corrected chi connectivity index (χ4v) is 6.32. The van der Waals surface area contributed by atoms with Crippen LogP contribution in [0.4, 0.5) is 16.2 Å². The van der Waals surface area contributed by atoms with Crippen LogP contribution in [0.15, 0.2) is 47.4 Å². The number of carbonyl (C=O) groups is 2. The van der Waals surface area contributed by atoms with Crippen molar-refractivity contribution in [3.63, 3.8) is 0 Å². The van der Waals surface area contributed by atoms with Crippen LogP contribution < -0.4 is 15.4 Å². The van der Waals surface area contributed by atoms with Crippen molar-refractivity contribution in [1.29, 1.82) is 0 Å². The van der Waals surface area contributed by atoms with Gasteiger partial charge in [0.15, 0.2) is 4.90 Å². The van der Waals surface area contributed by atoms with Crippen LogP contribution in [0.5, 0.6) is 5.75 Å². The lowest BCUT2D eigenvalue weighted by Crippen LogP contribution is -2.39. The third-order valence-corrected chi connectivity index (χ3v) is 8.76. The lowest BCUT2D eigenvalue weighted by molar-refractivity contribution is -0.114. The molecule has 2 aromatic rings. The first-order valence-electron chi connectivity index (χ1n) is 14.9. The summed E-state index contributed by atoms with van der Waals surface area (Å²) in [6.07, 6.45) is 11.8. The molecule has 1 aliphatic rings. The van der Waals surface area contributed by atoms with Gasteiger partial charge in [-0.05, 0) is 92.2 Å². The first-order valence-corrected chi connectivity index (χ1v) is 16.2. The molecular weight excluding hydrogens is 524 g/mol. The van der Waals surface area contributed by atoms with Gasteiger partial charge in [-0.3, -0.25) is 10.1 Å². The monoisotopic (exact) mass is 570 g/mol. The summed E-state index contributed by atoms with van der Waals surface area (Å²) in [6, 6.07) is 13.0. The second kappa shape index (κ2) is 16.5. The molecule has 2 amide bonds. The standard InChI is InChI=1S/C32H46N2O5S/c1-4-6-8-10-20-32(21-11-9-7-5-2)29-24-27(16-19-30(29)34-31(36)39-32)38-22-12-13-23-40(37)28-17-14-26(15-18-28)33-25(3)35/h14-19,24H,4-13,20-23H2,1-3H3,(H,33,35)(H,34,36). The van der Waals surface area contributed by atoms with E-state index in [1.807, 2.05) is 18.2 Å². The lowest BCUT2D eigenvalue weighted by Gasteiger charge is -2.39. The average Bonchev–Trinajstić information content (AvgIpc) is 2.93. The molecule has 0 spiro atoms. The SMILES string of the molecule is CCCCCCC1(CCCCCC)OC(=O)Nc2ccc(OCCCC[S+]([O-])c3ccc(NC(C)=O)cc3)cc21. The predicted octanol–water partition coefficient (Wildman–Crippen LogP) is 8.31. The Morgan fingerprint density at radius 1 is 0.950 bits per heavy atom. The Balaban J connectivity index is 1.58. The summed E-state index contributed by atoms with van der Waals surface area (Å²) in [5.74, 6) is 1.18. The van der Waals surface area contributed by atoms with Crippen molar-refractivity contribution in [2.45, 2.75) is 108 Å². The van der Waals surface area contributed by atoms with E-state index in [4.69, 9.17) is 9.47 Å². The van der Waals surface area contributed by atoms with E-state index in [1.54, 1.807) is 24.3 Å². The zero-order chi connectivity index (χ0) is 28.8. The van der Waals surface area contributed by atoms with Crippen molar-refractivity contribution >= 4 is 34.6 Å². The maximum Gasteiger partial charge on any atom is 0.412 e. The fraction of sp³-hybridized carbons (Fsp3) is 0.562. The highest BCUT2D eigenvalue weighted by atomic mass is 32.2. The van der Waals surface area contributed by atoms with Crippen molar-refractivity contribution in [2.24, 2.45) is 0 Å². The molecule has 0 saturated carbocycles. The van der Waals surface area contributed by atoms with Crippen LogP contribution in [-0.4, -0.2) is 28.9 Å². The molecule has 0 saturated heterocycles. The van der Waals surface area contributed by atoms with Gasteiger partial charge in [0.2, 0.25) is 5.91 Å². The Labute approximate surface area is 243 Å². The minimum atomic E-state index is -1.10. The minimum Gasteiger partial charge on any atom is -0.611 e. The number of fused-ring (bicyclic) bond motifs is 1. The van der Waals surface area contributed by atoms with Crippen molar-refractivity contribution in [1.82, 2.24) is 0 Å². The van der Waals surface area contributed by atoms with Crippen molar-refractivity contribution in [2.75, 3.05) is 23.0 Å². The Morgan fingerprint density at radius 2 is 1.62 bits per heavy atom. The normalized spacial score (nSPS) is 14.6. The molecule has 1 atom stereocenters. The number of anilines is 2. The van der Waals surface area contributed by atoms with Gasteiger partial charge in [0, 0.05) is 18.2 Å². The van der Waals surface area contributed by atoms with Crippen LogP contribution >= 0.6 is 0 Å². The number of ether oxygens (including phenoxy) is 2. The van der Waals surface area contributed by atoms with Gasteiger partial charge in [-0.15, -0.1) is 0 Å². The molecule has 0 radical (unpaired) electrons. The van der Waals surface area contributed by atoms with E-state index < -0.39 is 16.8 Å². The van der Waals surface area contributed by atoms with Crippen molar-refractivity contribution < 1.29 is 23.6 Å². The number of hydrogen-bond donors (Lipinski definition) is 2. The molecule has 0 aliphatic carbocycles. The van der Waals surface area contributed by atoms with Gasteiger partial charge < -0.3 is 19.3 Å². The molecule has 8 heteroatoms. The predicted molar refractivity (Wildman–Crippen MR) is 162 cm³/mol. The number of cyclic esters (lactones) is 1. The number of amides is 2. The molecular formula is C32H46N2O5S. The first kappa shape index (κ1) is 31.8. The third kappa shape index (κ3) is 9.73. The van der Waals surface area contributed by atoms with Gasteiger partial charge in [-0.1, -0.05) is 52.4 Å². The highest BCUT2D eigenvalue weighted by Crippen LogP contribution is 2.45. The minimum absolute atomic E-state index is 0.130. The molecule has 0 bridgehead atoms. The molecule has 2 aromatic carbocycles. The van der Waals surface area contributed by atoms with Gasteiger partial charge in [-0.25, -0.2) is 4.79 Å². The molecule has 40 heavy (non-hydrogen) atoms. The molecule has 7 nitrogen and oxygen atoms in total. The van der Waals surface area contributed by atoms with Gasteiger partial charge in [-0.2, -0.15) is 0 Å². The smallest absolute Gasteiger partial charge is 0.412 e. The summed E-state index contributed by atoms with van der Waals surface area (Å²) >= 11 is -1.10. The Hall–Kier alpha value is -2.71. The maximum atomic E-state index is 12.7. The van der Waals surface area contributed by atoms with E-state index >= 15 is 0 Å². The summed E-state index contributed by atoms with van der Waals surface area (Å²) in [7, 11) is 0. The second-order valence-corrected chi connectivity index (χ2v) is 12.2. The molecule has 220 valence electrons. The average molecular weight is 571 g/mol. The molecule has 0 fully saturated rings. The van der Waals surface area contributed by atoms with Crippen LogP contribution in [0.3, 0.4) is 0 Å². The van der Waals surface area contributed by atoms with E-state index in [2.05, 4.69) is 24.5 Å². The summed E-state index contributed by atoms with van der Waals surface area (Å²) in [5.41, 5.74) is 1.91. The van der Waals surface area contributed by atoms with E-state index in [9.17, 15) is 14.1 Å². The fourth-order valence-electron chi connectivity index (χ4n) is 5.17. The second-order valence-electron chi connectivity index (χ2n) is 10.6. The number of nitrogens with one attached hydrogen (secondary N) is 2. The molecule has 2 N–H and O–H groups in total. The van der Waals surface area contributed by atoms with E-state index in [1.165, 1.54) is 19.8 Å². The maximum absolute atomic E-state index is 12.7. The zero-order valence-electron chi connectivity index (χ0n) is 24.4. The van der Waals surface area contributed by atoms with E-state index in [-0.39, 0.29) is 12.0 Å². The Bertz CT molecular complexity index is 1060. The number of hydrogen-bond acceptors (Lipinski definition) is 5. The van der Waals surface area contributed by atoms with Gasteiger partial charge >= 0.3 is 6.09 Å². The lowest BCUT2D eigenvalue weighted by atomic mass is 9.81. The number of carbonyl (C=O) groups excluding carboxylic acids is 2. The third-order valence-electron chi connectivity index (χ3n) is 7.31. The Kier molecular flexibility index (Phi) is 13.1. The highest BCUT2D eigenvalue weighted by molar-refractivity contribution is 7.91. The molecule has 1 heterocycles. The van der Waals surface area contributed by atoms with Crippen LogP contribution in [0.25, 0.3) is 0 Å². The Morgan fingerprint density at radius 3 is 2.25 bits per heavy atom. The van der Waals surface area contributed by atoms with Crippen LogP contribution in [0.1, 0.15) is 103 Å². The van der Waals surface area contributed by atoms with E-state index in [0.717, 1.165) is 86.1 Å². The summed E-state index contributed by atoms with van der Waals surface area (Å²) < 4.78 is 24.9. The van der Waals surface area contributed by atoms with Gasteiger partial charge in [0.1, 0.15) is 17.1 Å². The molecule has 1 unspecified atom stereocenters. The van der Waals surface area contributed by atoms with Crippen molar-refractivity contribution in [3.8, 4) is 5.75 Å². The highest BCUT2D eigenvalue weighted by Gasteiger charge is 2.41. The van der Waals surface area contributed by atoms with Crippen LogP contribution in [-0.2, 0) is 26.3 Å². The number of benzene rings is 2. The molecule has 1 aliphatic heterocycles. The molecule has 0 aromatic heterocycles. The van der Waals surface area contributed by atoms with E-state index in [0.29, 0.717) is 18.0 Å². The van der Waals surface area contributed by atoms with Crippen molar-refractivity contribution in [3.05, 3.63) is 48.0 Å². The summed E-state index contributed by atoms with van der Waals surface area (Å²) in [6.45, 7) is 6.39. The first-order chi connectivity index (χ1) is 19.4. The molecule has 3 rings (SSSR count).